The number of hydrogen-bond donors (Lipinski definition) is 2. The summed E-state index contributed by atoms with van der Waals surface area (Å²) in [6.07, 6.45) is 4.81. The van der Waals surface area contributed by atoms with Crippen LogP contribution < -0.4 is 21.9 Å². The summed E-state index contributed by atoms with van der Waals surface area (Å²) in [5.74, 6) is -0.930. The van der Waals surface area contributed by atoms with Crippen LogP contribution in [0, 0.1) is 5.82 Å². The van der Waals surface area contributed by atoms with Crippen molar-refractivity contribution in [1.29, 1.82) is 0 Å². The van der Waals surface area contributed by atoms with E-state index >= 15 is 0 Å². The molecule has 0 bridgehead atoms. The highest BCUT2D eigenvalue weighted by molar-refractivity contribution is 6.05. The summed E-state index contributed by atoms with van der Waals surface area (Å²) in [7, 11) is 0. The minimum absolute atomic E-state index is 0.0424. The van der Waals surface area contributed by atoms with E-state index in [0.717, 1.165) is 6.42 Å². The van der Waals surface area contributed by atoms with Crippen LogP contribution in [0.4, 0.5) is 15.9 Å². The number of benzene rings is 1. The number of aromatic amines is 1. The first kappa shape index (κ1) is 21.1. The molecule has 0 fully saturated rings. The van der Waals surface area contributed by atoms with Gasteiger partial charge in [-0.2, -0.15) is 0 Å². The molecule has 2 rings (SSSR count). The number of nitrogens with two attached hydrogens (primary N) is 1. The molecule has 2 aromatic rings. The average molecular weight is 388 g/mol. The van der Waals surface area contributed by atoms with Crippen LogP contribution in [-0.2, 0) is 11.3 Å². The minimum Gasteiger partial charge on any atom is -0.383 e. The van der Waals surface area contributed by atoms with E-state index < -0.39 is 23.0 Å². The van der Waals surface area contributed by atoms with Gasteiger partial charge in [0.25, 0.3) is 11.5 Å². The summed E-state index contributed by atoms with van der Waals surface area (Å²) in [4.78, 5) is 40.8. The maximum absolute atomic E-state index is 13.3. The summed E-state index contributed by atoms with van der Waals surface area (Å²) in [5, 5.41) is 0. The SMILES string of the molecule is CCCCN(C(=O)/C=C/c1cccc(F)c1)c1c(N)n(CCC)c(=O)[nH]c1=O. The molecule has 0 radical (unpaired) electrons. The van der Waals surface area contributed by atoms with E-state index in [1.54, 1.807) is 6.07 Å². The molecule has 1 aromatic carbocycles. The maximum atomic E-state index is 13.3. The highest BCUT2D eigenvalue weighted by atomic mass is 19.1. The van der Waals surface area contributed by atoms with E-state index in [4.69, 9.17) is 5.73 Å². The molecule has 0 atom stereocenters. The van der Waals surface area contributed by atoms with Crippen LogP contribution >= 0.6 is 0 Å². The number of nitrogen functional groups attached to an aromatic ring is 1. The number of hydrogen-bond acceptors (Lipinski definition) is 4. The van der Waals surface area contributed by atoms with Crippen molar-refractivity contribution < 1.29 is 9.18 Å². The highest BCUT2D eigenvalue weighted by Crippen LogP contribution is 2.18. The smallest absolute Gasteiger partial charge is 0.330 e. The van der Waals surface area contributed by atoms with Gasteiger partial charge in [0.1, 0.15) is 11.6 Å². The molecule has 0 aliphatic heterocycles. The van der Waals surface area contributed by atoms with Crippen LogP contribution in [0.15, 0.2) is 39.9 Å². The highest BCUT2D eigenvalue weighted by Gasteiger charge is 2.22. The Morgan fingerprint density at radius 2 is 2.04 bits per heavy atom. The van der Waals surface area contributed by atoms with Gasteiger partial charge in [0, 0.05) is 19.2 Å². The van der Waals surface area contributed by atoms with E-state index in [0.29, 0.717) is 24.9 Å². The van der Waals surface area contributed by atoms with Gasteiger partial charge in [-0.1, -0.05) is 32.4 Å². The average Bonchev–Trinajstić information content (AvgIpc) is 2.65. The molecule has 0 saturated heterocycles. The van der Waals surface area contributed by atoms with Gasteiger partial charge in [0.2, 0.25) is 0 Å². The summed E-state index contributed by atoms with van der Waals surface area (Å²) in [5.41, 5.74) is 5.24. The lowest BCUT2D eigenvalue weighted by Gasteiger charge is -2.23. The zero-order chi connectivity index (χ0) is 20.7. The summed E-state index contributed by atoms with van der Waals surface area (Å²) in [6.45, 7) is 4.42. The largest absolute Gasteiger partial charge is 0.383 e. The van der Waals surface area contributed by atoms with Crippen LogP contribution in [0.3, 0.4) is 0 Å². The Balaban J connectivity index is 2.46. The zero-order valence-electron chi connectivity index (χ0n) is 16.1. The number of aromatic nitrogens is 2. The lowest BCUT2D eigenvalue weighted by Crippen LogP contribution is -2.41. The zero-order valence-corrected chi connectivity index (χ0v) is 16.1. The van der Waals surface area contributed by atoms with Crippen molar-refractivity contribution in [3.05, 3.63) is 62.6 Å². The van der Waals surface area contributed by atoms with E-state index in [2.05, 4.69) is 4.98 Å². The number of carbonyl (C=O) groups excluding carboxylic acids is 1. The molecule has 0 aliphatic rings. The Bertz CT molecular complexity index is 978. The number of amides is 1. The van der Waals surface area contributed by atoms with Crippen molar-refractivity contribution in [2.24, 2.45) is 0 Å². The predicted molar refractivity (Wildman–Crippen MR) is 109 cm³/mol. The number of anilines is 2. The second-order valence-corrected chi connectivity index (χ2v) is 6.38. The first-order valence-electron chi connectivity index (χ1n) is 9.26. The summed E-state index contributed by atoms with van der Waals surface area (Å²) in [6, 6.07) is 5.80. The predicted octanol–water partition coefficient (Wildman–Crippen LogP) is 2.51. The number of unbranched alkanes of at least 4 members (excludes halogenated alkanes) is 1. The van der Waals surface area contributed by atoms with Crippen LogP contribution in [0.2, 0.25) is 0 Å². The molecule has 8 heteroatoms. The standard InChI is InChI=1S/C20H25FN4O3/c1-3-5-12-24(16(26)10-9-14-7-6-8-15(21)13-14)17-18(22)25(11-4-2)20(28)23-19(17)27/h6-10,13H,3-5,11-12,22H2,1-2H3,(H,23,27,28)/b10-9+. The number of H-pyrrole nitrogens is 1. The van der Waals surface area contributed by atoms with Crippen LogP contribution in [0.5, 0.6) is 0 Å². The fourth-order valence-corrected chi connectivity index (χ4v) is 2.80. The molecule has 0 saturated carbocycles. The van der Waals surface area contributed by atoms with Crippen molar-refractivity contribution in [1.82, 2.24) is 9.55 Å². The molecular formula is C20H25FN4O3. The van der Waals surface area contributed by atoms with Gasteiger partial charge in [-0.15, -0.1) is 0 Å². The summed E-state index contributed by atoms with van der Waals surface area (Å²) < 4.78 is 14.6. The van der Waals surface area contributed by atoms with Crippen molar-refractivity contribution in [3.63, 3.8) is 0 Å². The van der Waals surface area contributed by atoms with E-state index in [1.807, 2.05) is 13.8 Å². The number of halogens is 1. The molecule has 28 heavy (non-hydrogen) atoms. The van der Waals surface area contributed by atoms with Gasteiger partial charge in [0.15, 0.2) is 5.69 Å². The van der Waals surface area contributed by atoms with Crippen molar-refractivity contribution in [3.8, 4) is 0 Å². The number of carbonyl (C=O) groups is 1. The molecule has 150 valence electrons. The fraction of sp³-hybridized carbons (Fsp3) is 0.350. The van der Waals surface area contributed by atoms with E-state index in [9.17, 15) is 18.8 Å². The monoisotopic (exact) mass is 388 g/mol. The summed E-state index contributed by atoms with van der Waals surface area (Å²) >= 11 is 0. The van der Waals surface area contributed by atoms with Gasteiger partial charge >= 0.3 is 5.69 Å². The van der Waals surface area contributed by atoms with Crippen molar-refractivity contribution in [2.75, 3.05) is 17.2 Å². The Hall–Kier alpha value is -3.16. The van der Waals surface area contributed by atoms with E-state index in [1.165, 1.54) is 39.8 Å². The molecule has 0 aliphatic carbocycles. The first-order valence-corrected chi connectivity index (χ1v) is 9.26. The molecule has 1 amide bonds. The maximum Gasteiger partial charge on any atom is 0.330 e. The third kappa shape index (κ3) is 4.97. The topological polar surface area (TPSA) is 101 Å². The van der Waals surface area contributed by atoms with Gasteiger partial charge in [-0.3, -0.25) is 19.1 Å². The second kappa shape index (κ2) is 9.68. The Kier molecular flexibility index (Phi) is 7.31. The van der Waals surface area contributed by atoms with Crippen LogP contribution in [0.1, 0.15) is 38.7 Å². The molecule has 3 N–H and O–H groups in total. The van der Waals surface area contributed by atoms with Crippen LogP contribution in [0.25, 0.3) is 6.08 Å². The quantitative estimate of drug-likeness (QED) is 0.679. The van der Waals surface area contributed by atoms with E-state index in [-0.39, 0.29) is 18.1 Å². The number of rotatable bonds is 8. The van der Waals surface area contributed by atoms with Crippen molar-refractivity contribution in [2.45, 2.75) is 39.7 Å². The molecule has 0 unspecified atom stereocenters. The van der Waals surface area contributed by atoms with Crippen molar-refractivity contribution >= 4 is 23.5 Å². The Morgan fingerprint density at radius 3 is 2.68 bits per heavy atom. The number of nitrogens with zero attached hydrogens (tertiary/aromatic N) is 2. The van der Waals surface area contributed by atoms with Gasteiger partial charge in [-0.05, 0) is 36.6 Å². The van der Waals surface area contributed by atoms with Crippen LogP contribution in [-0.4, -0.2) is 22.0 Å². The fourth-order valence-electron chi connectivity index (χ4n) is 2.80. The number of nitrogens with one attached hydrogen (secondary N) is 1. The third-order valence-electron chi connectivity index (χ3n) is 4.20. The van der Waals surface area contributed by atoms with Gasteiger partial charge < -0.3 is 10.6 Å². The Morgan fingerprint density at radius 1 is 1.29 bits per heavy atom. The molecule has 0 spiro atoms. The first-order chi connectivity index (χ1) is 13.4. The minimum atomic E-state index is -0.710. The molecule has 1 heterocycles. The lowest BCUT2D eigenvalue weighted by atomic mass is 10.2. The second-order valence-electron chi connectivity index (χ2n) is 6.38. The third-order valence-corrected chi connectivity index (χ3v) is 4.20. The Labute approximate surface area is 162 Å². The normalized spacial score (nSPS) is 11.1. The molecule has 7 nitrogen and oxygen atoms in total. The molecular weight excluding hydrogens is 363 g/mol. The lowest BCUT2D eigenvalue weighted by molar-refractivity contribution is -0.114. The molecule has 1 aromatic heterocycles. The van der Waals surface area contributed by atoms with Gasteiger partial charge in [-0.25, -0.2) is 9.18 Å². The van der Waals surface area contributed by atoms with Gasteiger partial charge in [0.05, 0.1) is 0 Å².